The van der Waals surface area contributed by atoms with Crippen LogP contribution in [0.5, 0.6) is 0 Å². The molecule has 0 bridgehead atoms. The minimum absolute atomic E-state index is 0. The molecule has 0 atom stereocenters. The van der Waals surface area contributed by atoms with Gasteiger partial charge in [-0.2, -0.15) is 0 Å². The van der Waals surface area contributed by atoms with Gasteiger partial charge in [0.2, 0.25) is 0 Å². The van der Waals surface area contributed by atoms with Crippen molar-refractivity contribution in [3.05, 3.63) is 0 Å². The topological polar surface area (TPSA) is 31.5 Å². The quantitative estimate of drug-likeness (QED) is 0.446. The fourth-order valence-electron chi connectivity index (χ4n) is 0. The summed E-state index contributed by atoms with van der Waals surface area (Å²) in [5, 5.41) is 0. The Balaban J connectivity index is 0. The second kappa shape index (κ2) is 20.4. The van der Waals surface area contributed by atoms with Crippen LogP contribution in [0, 0.1) is 0 Å². The largest absolute Gasteiger partial charge is 0 e. The van der Waals surface area contributed by atoms with Crippen LogP contribution in [-0.2, 0) is 37.6 Å². The summed E-state index contributed by atoms with van der Waals surface area (Å²) in [4.78, 5) is 0. The van der Waals surface area contributed by atoms with Crippen molar-refractivity contribution in [1.82, 2.24) is 0 Å². The van der Waals surface area contributed by atoms with Crippen molar-refractivity contribution in [3.8, 4) is 0 Å². The number of rotatable bonds is 0. The molecule has 0 fully saturated rings. The second-order valence-corrected chi connectivity index (χ2v) is 0. The molecular weight excluding hydrogens is 377 g/mol. The maximum atomic E-state index is 0. The van der Waals surface area contributed by atoms with Gasteiger partial charge in [-0.25, -0.2) is 0 Å². The summed E-state index contributed by atoms with van der Waals surface area (Å²) in [5.41, 5.74) is 0. The Labute approximate surface area is 66.4 Å². The van der Waals surface area contributed by atoms with E-state index in [9.17, 15) is 0 Å². The minimum Gasteiger partial charge on any atom is 0 e. The van der Waals surface area contributed by atoms with Gasteiger partial charge in [0.05, 0.1) is 0 Å². The van der Waals surface area contributed by atoms with Crippen molar-refractivity contribution >= 4 is 23.9 Å². The first-order chi connectivity index (χ1) is 0. The first-order valence-corrected chi connectivity index (χ1v) is 0. The van der Waals surface area contributed by atoms with Crippen molar-refractivity contribution in [2.45, 2.75) is 0 Å². The van der Waals surface area contributed by atoms with E-state index in [2.05, 4.69) is 0 Å². The van der Waals surface area contributed by atoms with E-state index in [-0.39, 0.29) is 66.9 Å². The molecule has 0 saturated heterocycles. The predicted octanol–water partition coefficient (Wildman–Crippen LogP) is -1.75. The molecule has 0 rings (SSSR count). The molecule has 4 heavy (non-hydrogen) atoms. The van der Waals surface area contributed by atoms with Gasteiger partial charge in [-0.1, -0.05) is 0 Å². The monoisotopic (exact) mass is 382 g/mol. The van der Waals surface area contributed by atoms with Crippen LogP contribution in [0.25, 0.3) is 0 Å². The van der Waals surface area contributed by atoms with Crippen LogP contribution < -0.4 is 0 Å². The van der Waals surface area contributed by atoms with Gasteiger partial charge in [-0.05, 0) is 0 Å². The Hall–Kier alpha value is 1.94. The van der Waals surface area contributed by atoms with E-state index in [0.29, 0.717) is 0 Å². The summed E-state index contributed by atoms with van der Waals surface area (Å²) >= 11 is 0. The van der Waals surface area contributed by atoms with Gasteiger partial charge in [-0.3, -0.25) is 0 Å². The maximum Gasteiger partial charge on any atom is 0 e. The number of hydrogen-bond donors (Lipinski definition) is 0. The van der Waals surface area contributed by atoms with Gasteiger partial charge in [0.25, 0.3) is 0 Å². The fraction of sp³-hybridized carbons (Fsp3) is 0. The molecule has 0 heterocycles. The fourth-order valence-corrected chi connectivity index (χ4v) is 0. The van der Waals surface area contributed by atoms with Crippen molar-refractivity contribution in [1.29, 1.82) is 0 Å². The van der Waals surface area contributed by atoms with Gasteiger partial charge in [0.15, 0.2) is 0 Å². The molecule has 0 aromatic heterocycles. The Morgan fingerprint density at radius 3 is 1.00 bits per heavy atom. The van der Waals surface area contributed by atoms with E-state index in [0.717, 1.165) is 0 Å². The normalized spacial score (nSPS) is 0. The first-order valence-electron chi connectivity index (χ1n) is 0. The molecule has 0 aromatic rings. The molecule has 2 radical (unpaired) electrons. The van der Waals surface area contributed by atoms with E-state index in [1.165, 1.54) is 0 Å². The summed E-state index contributed by atoms with van der Waals surface area (Å²) < 4.78 is 0. The SMILES string of the molecule is O.[Ni].[SnH2].[W]. The summed E-state index contributed by atoms with van der Waals surface area (Å²) in [5.74, 6) is 0. The van der Waals surface area contributed by atoms with Crippen LogP contribution in [0.15, 0.2) is 0 Å². The minimum atomic E-state index is 0. The average molecular weight is 381 g/mol. The van der Waals surface area contributed by atoms with Crippen molar-refractivity contribution < 1.29 is 43.0 Å². The van der Waals surface area contributed by atoms with Crippen LogP contribution in [-0.4, -0.2) is 29.4 Å². The Bertz CT molecular complexity index is 8.00. The van der Waals surface area contributed by atoms with Crippen molar-refractivity contribution in [2.24, 2.45) is 0 Å². The molecule has 2 N–H and O–H groups in total. The van der Waals surface area contributed by atoms with Gasteiger partial charge < -0.3 is 5.48 Å². The summed E-state index contributed by atoms with van der Waals surface area (Å²) in [6, 6.07) is 0. The molecule has 30 valence electrons. The summed E-state index contributed by atoms with van der Waals surface area (Å²) in [7, 11) is 0. The van der Waals surface area contributed by atoms with Gasteiger partial charge >= 0.3 is 23.9 Å². The Kier molecular flexibility index (Phi) is 196. The summed E-state index contributed by atoms with van der Waals surface area (Å²) in [6.07, 6.45) is 0. The zero-order chi connectivity index (χ0) is 0. The second-order valence-electron chi connectivity index (χ2n) is 0. The van der Waals surface area contributed by atoms with E-state index in [4.69, 9.17) is 0 Å². The third-order valence-corrected chi connectivity index (χ3v) is 0. The van der Waals surface area contributed by atoms with E-state index >= 15 is 0 Å². The van der Waals surface area contributed by atoms with Crippen LogP contribution in [0.1, 0.15) is 0 Å². The zero-order valence-corrected chi connectivity index (χ0v) is 9.89. The average Bonchev–Trinajstić information content (AvgIpc) is 0. The zero-order valence-electron chi connectivity index (χ0n) is 1.93. The van der Waals surface area contributed by atoms with Crippen LogP contribution in [0.3, 0.4) is 0 Å². The van der Waals surface area contributed by atoms with Crippen LogP contribution >= 0.6 is 0 Å². The van der Waals surface area contributed by atoms with Gasteiger partial charge in [0.1, 0.15) is 0 Å². The van der Waals surface area contributed by atoms with Gasteiger partial charge in [0, 0.05) is 37.6 Å². The molecule has 4 heteroatoms. The van der Waals surface area contributed by atoms with Gasteiger partial charge in [-0.15, -0.1) is 0 Å². The van der Waals surface area contributed by atoms with Crippen LogP contribution in [0.2, 0.25) is 0 Å². The standard InChI is InChI=1S/Ni.H2O.Sn.W.2H/h;1H2;;;;. The molecule has 0 aliphatic heterocycles. The molecule has 0 aliphatic carbocycles. The molecule has 0 spiro atoms. The Morgan fingerprint density at radius 2 is 1.00 bits per heavy atom. The smallest absolute Gasteiger partial charge is 0 e. The third kappa shape index (κ3) is 9.05. The summed E-state index contributed by atoms with van der Waals surface area (Å²) in [6.45, 7) is 0. The molecule has 1 nitrogen and oxygen atoms in total. The molecule has 0 saturated carbocycles. The van der Waals surface area contributed by atoms with Crippen LogP contribution in [0.4, 0.5) is 0 Å². The third-order valence-electron chi connectivity index (χ3n) is 0. The predicted molar refractivity (Wildman–Crippen MR) is 12.2 cm³/mol. The Morgan fingerprint density at radius 1 is 1.00 bits per heavy atom. The van der Waals surface area contributed by atoms with Crippen molar-refractivity contribution in [2.75, 3.05) is 0 Å². The van der Waals surface area contributed by atoms with E-state index in [1.807, 2.05) is 0 Å². The van der Waals surface area contributed by atoms with E-state index in [1.54, 1.807) is 0 Å². The molecule has 0 aromatic carbocycles. The number of hydrogen-bond acceptors (Lipinski definition) is 0. The molecule has 0 amide bonds. The molecule has 0 unspecified atom stereocenters. The first kappa shape index (κ1) is 38.5. The van der Waals surface area contributed by atoms with Crippen molar-refractivity contribution in [3.63, 3.8) is 0 Å². The molecular formula is H4NiOSnW. The van der Waals surface area contributed by atoms with E-state index < -0.39 is 0 Å². The molecule has 0 aliphatic rings. The maximum absolute atomic E-state index is 0.